The van der Waals surface area contributed by atoms with Gasteiger partial charge in [-0.3, -0.25) is 4.79 Å². The quantitative estimate of drug-likeness (QED) is 0.422. The number of carbonyl (C=O) groups is 1. The molecule has 31 heavy (non-hydrogen) atoms. The van der Waals surface area contributed by atoms with Gasteiger partial charge in [0, 0.05) is 17.5 Å². The van der Waals surface area contributed by atoms with Crippen molar-refractivity contribution in [2.24, 2.45) is 0 Å². The van der Waals surface area contributed by atoms with E-state index in [2.05, 4.69) is 5.32 Å². The molecule has 3 aromatic carbocycles. The van der Waals surface area contributed by atoms with Crippen LogP contribution >= 0.6 is 23.2 Å². The zero-order chi connectivity index (χ0) is 21.4. The smallest absolute Gasteiger partial charge is 0.252 e. The van der Waals surface area contributed by atoms with Gasteiger partial charge in [0.05, 0.1) is 26.8 Å². The van der Waals surface area contributed by atoms with Gasteiger partial charge in [0.1, 0.15) is 0 Å². The molecule has 7 heteroatoms. The summed E-state index contributed by atoms with van der Waals surface area (Å²) in [6, 6.07) is 20.3. The number of nitrogens with zero attached hydrogens (tertiary/aromatic N) is 1. The number of hydrogen-bond donors (Lipinski definition) is 1. The highest BCUT2D eigenvalue weighted by Crippen LogP contribution is 2.36. The minimum Gasteiger partial charge on any atom is -0.454 e. The molecule has 0 atom stereocenters. The molecule has 0 spiro atoms. The van der Waals surface area contributed by atoms with E-state index in [1.54, 1.807) is 18.2 Å². The Kier molecular flexibility index (Phi) is 5.14. The van der Waals surface area contributed by atoms with Gasteiger partial charge in [-0.1, -0.05) is 47.5 Å². The van der Waals surface area contributed by atoms with Crippen molar-refractivity contribution in [3.05, 3.63) is 87.9 Å². The predicted octanol–water partition coefficient (Wildman–Crippen LogP) is 5.87. The number of fused-ring (bicyclic) bond motifs is 2. The van der Waals surface area contributed by atoms with Gasteiger partial charge in [0.15, 0.2) is 11.5 Å². The Labute approximate surface area is 188 Å². The maximum Gasteiger partial charge on any atom is 0.252 e. The van der Waals surface area contributed by atoms with Crippen LogP contribution in [0.4, 0.5) is 0 Å². The van der Waals surface area contributed by atoms with E-state index in [1.807, 2.05) is 48.5 Å². The van der Waals surface area contributed by atoms with Gasteiger partial charge >= 0.3 is 0 Å². The summed E-state index contributed by atoms with van der Waals surface area (Å²) in [7, 11) is 0. The van der Waals surface area contributed by atoms with E-state index in [9.17, 15) is 4.79 Å². The van der Waals surface area contributed by atoms with Crippen LogP contribution in [0.25, 0.3) is 22.2 Å². The van der Waals surface area contributed by atoms with Crippen LogP contribution in [0.5, 0.6) is 11.5 Å². The number of carbonyl (C=O) groups excluding carboxylic acids is 1. The topological polar surface area (TPSA) is 60.5 Å². The lowest BCUT2D eigenvalue weighted by Gasteiger charge is -2.11. The summed E-state index contributed by atoms with van der Waals surface area (Å²) < 4.78 is 10.9. The molecule has 1 aliphatic rings. The molecule has 0 saturated carbocycles. The van der Waals surface area contributed by atoms with Gasteiger partial charge in [-0.2, -0.15) is 0 Å². The predicted molar refractivity (Wildman–Crippen MR) is 121 cm³/mol. The molecule has 154 valence electrons. The molecule has 1 aromatic heterocycles. The molecular weight excluding hydrogens is 435 g/mol. The van der Waals surface area contributed by atoms with Gasteiger partial charge in [0.25, 0.3) is 5.91 Å². The van der Waals surface area contributed by atoms with Crippen molar-refractivity contribution in [2.45, 2.75) is 6.54 Å². The molecule has 0 aliphatic carbocycles. The highest BCUT2D eigenvalue weighted by molar-refractivity contribution is 6.42. The fourth-order valence-electron chi connectivity index (χ4n) is 3.49. The summed E-state index contributed by atoms with van der Waals surface area (Å²) in [6.45, 7) is 0.526. The molecule has 5 rings (SSSR count). The number of hydrogen-bond acceptors (Lipinski definition) is 4. The monoisotopic (exact) mass is 450 g/mol. The Hall–Kier alpha value is -3.28. The third-order valence-corrected chi connectivity index (χ3v) is 5.81. The number of aromatic nitrogens is 1. The molecule has 0 saturated heterocycles. The second-order valence-electron chi connectivity index (χ2n) is 7.07. The number of halogens is 2. The van der Waals surface area contributed by atoms with E-state index in [-0.39, 0.29) is 12.7 Å². The number of nitrogens with one attached hydrogen (secondary N) is 1. The van der Waals surface area contributed by atoms with Crippen molar-refractivity contribution in [3.8, 4) is 22.8 Å². The summed E-state index contributed by atoms with van der Waals surface area (Å²) in [5.41, 5.74) is 3.65. The SMILES string of the molecule is O=C(NCc1ccc(Cl)c(Cl)c1)c1cc(-c2ccc3c(c2)OCO3)nc2ccccc12. The molecule has 1 N–H and O–H groups in total. The maximum atomic E-state index is 13.1. The highest BCUT2D eigenvalue weighted by Gasteiger charge is 2.17. The second-order valence-corrected chi connectivity index (χ2v) is 7.89. The lowest BCUT2D eigenvalue weighted by Crippen LogP contribution is -2.23. The first-order valence-electron chi connectivity index (χ1n) is 9.60. The average molecular weight is 451 g/mol. The third-order valence-electron chi connectivity index (χ3n) is 5.07. The first-order chi connectivity index (χ1) is 15.1. The van der Waals surface area contributed by atoms with Crippen LogP contribution in [-0.2, 0) is 6.54 Å². The molecule has 1 aliphatic heterocycles. The van der Waals surface area contributed by atoms with Crippen LogP contribution in [0.3, 0.4) is 0 Å². The minimum atomic E-state index is -0.202. The first kappa shape index (κ1) is 19.7. The van der Waals surface area contributed by atoms with Crippen molar-refractivity contribution in [3.63, 3.8) is 0 Å². The van der Waals surface area contributed by atoms with Crippen LogP contribution in [0, 0.1) is 0 Å². The zero-order valence-corrected chi connectivity index (χ0v) is 17.7. The summed E-state index contributed by atoms with van der Waals surface area (Å²) in [5.74, 6) is 1.16. The average Bonchev–Trinajstić information content (AvgIpc) is 3.27. The number of amides is 1. The number of benzene rings is 3. The number of pyridine rings is 1. The molecule has 0 bridgehead atoms. The zero-order valence-electron chi connectivity index (χ0n) is 16.2. The van der Waals surface area contributed by atoms with Crippen LogP contribution < -0.4 is 14.8 Å². The van der Waals surface area contributed by atoms with Crippen molar-refractivity contribution >= 4 is 40.0 Å². The fourth-order valence-corrected chi connectivity index (χ4v) is 3.81. The van der Waals surface area contributed by atoms with Crippen LogP contribution in [0.2, 0.25) is 10.0 Å². The Morgan fingerprint density at radius 3 is 2.65 bits per heavy atom. The molecule has 0 unspecified atom stereocenters. The Morgan fingerprint density at radius 2 is 1.77 bits per heavy atom. The molecule has 5 nitrogen and oxygen atoms in total. The van der Waals surface area contributed by atoms with Gasteiger partial charge in [0.2, 0.25) is 6.79 Å². The lowest BCUT2D eigenvalue weighted by atomic mass is 10.0. The van der Waals surface area contributed by atoms with Gasteiger partial charge in [-0.25, -0.2) is 4.98 Å². The molecule has 0 radical (unpaired) electrons. The Balaban J connectivity index is 1.49. The van der Waals surface area contributed by atoms with E-state index < -0.39 is 0 Å². The van der Waals surface area contributed by atoms with E-state index in [0.717, 1.165) is 22.0 Å². The normalized spacial score (nSPS) is 12.2. The summed E-state index contributed by atoms with van der Waals surface area (Å²) in [6.07, 6.45) is 0. The third kappa shape index (κ3) is 3.90. The van der Waals surface area contributed by atoms with E-state index >= 15 is 0 Å². The number of rotatable bonds is 4. The Morgan fingerprint density at radius 1 is 0.935 bits per heavy atom. The highest BCUT2D eigenvalue weighted by atomic mass is 35.5. The molecule has 0 fully saturated rings. The molecule has 2 heterocycles. The van der Waals surface area contributed by atoms with Gasteiger partial charge in [-0.15, -0.1) is 0 Å². The summed E-state index contributed by atoms with van der Waals surface area (Å²) in [4.78, 5) is 17.9. The van der Waals surface area contributed by atoms with Crippen molar-refractivity contribution < 1.29 is 14.3 Å². The maximum absolute atomic E-state index is 13.1. The van der Waals surface area contributed by atoms with Crippen molar-refractivity contribution in [2.75, 3.05) is 6.79 Å². The van der Waals surface area contributed by atoms with E-state index in [0.29, 0.717) is 39.3 Å². The van der Waals surface area contributed by atoms with E-state index in [1.165, 1.54) is 0 Å². The van der Waals surface area contributed by atoms with Crippen molar-refractivity contribution in [1.82, 2.24) is 10.3 Å². The second kappa shape index (κ2) is 8.10. The largest absolute Gasteiger partial charge is 0.454 e. The number of ether oxygens (including phenoxy) is 2. The van der Waals surface area contributed by atoms with Gasteiger partial charge in [-0.05, 0) is 48.0 Å². The first-order valence-corrected chi connectivity index (χ1v) is 10.4. The standard InChI is InChI=1S/C24H16Cl2N2O3/c25-18-7-5-14(9-19(18)26)12-27-24(29)17-11-21(28-20-4-2-1-3-16(17)20)15-6-8-22-23(10-15)31-13-30-22/h1-11H,12-13H2,(H,27,29). The minimum absolute atomic E-state index is 0.201. The van der Waals surface area contributed by atoms with Crippen molar-refractivity contribution in [1.29, 1.82) is 0 Å². The van der Waals surface area contributed by atoms with Gasteiger partial charge < -0.3 is 14.8 Å². The van der Waals surface area contributed by atoms with E-state index in [4.69, 9.17) is 37.7 Å². The molecule has 1 amide bonds. The van der Waals surface area contributed by atoms with Crippen LogP contribution in [0.15, 0.2) is 66.7 Å². The molecule has 4 aromatic rings. The fraction of sp³-hybridized carbons (Fsp3) is 0.0833. The molecular formula is C24H16Cl2N2O3. The number of para-hydroxylation sites is 1. The van der Waals surface area contributed by atoms with Crippen LogP contribution in [0.1, 0.15) is 15.9 Å². The van der Waals surface area contributed by atoms with Crippen LogP contribution in [-0.4, -0.2) is 17.7 Å². The lowest BCUT2D eigenvalue weighted by molar-refractivity contribution is 0.0952. The summed E-state index contributed by atoms with van der Waals surface area (Å²) in [5, 5.41) is 4.67. The summed E-state index contributed by atoms with van der Waals surface area (Å²) >= 11 is 12.1. The Bertz CT molecular complexity index is 1320.